The summed E-state index contributed by atoms with van der Waals surface area (Å²) >= 11 is 0. The minimum absolute atomic E-state index is 0.117. The first kappa shape index (κ1) is 29.5. The predicted molar refractivity (Wildman–Crippen MR) is 153 cm³/mol. The molecule has 1 atom stereocenters. The maximum absolute atomic E-state index is 14.3. The van der Waals surface area contributed by atoms with Crippen molar-refractivity contribution in [3.8, 4) is 5.75 Å². The van der Waals surface area contributed by atoms with Crippen molar-refractivity contribution in [2.45, 2.75) is 45.2 Å². The number of benzene rings is 2. The lowest BCUT2D eigenvalue weighted by Gasteiger charge is -2.43. The van der Waals surface area contributed by atoms with Gasteiger partial charge in [0.05, 0.1) is 25.4 Å². The van der Waals surface area contributed by atoms with E-state index in [2.05, 4.69) is 5.32 Å². The number of hydrogen-bond acceptors (Lipinski definition) is 6. The number of likely N-dealkylation sites (tertiary alicyclic amines) is 1. The molecule has 0 aliphatic carbocycles. The van der Waals surface area contributed by atoms with Gasteiger partial charge in [0.2, 0.25) is 5.91 Å². The van der Waals surface area contributed by atoms with Crippen LogP contribution in [-0.2, 0) is 14.3 Å². The van der Waals surface area contributed by atoms with E-state index >= 15 is 0 Å². The highest BCUT2D eigenvalue weighted by Crippen LogP contribution is 2.40. The summed E-state index contributed by atoms with van der Waals surface area (Å²) in [6.07, 6.45) is 0.470. The summed E-state index contributed by atoms with van der Waals surface area (Å²) in [5, 5.41) is 2.72. The number of carbonyl (C=O) groups excluding carboxylic acids is 4. The molecule has 42 heavy (non-hydrogen) atoms. The van der Waals surface area contributed by atoms with E-state index in [0.29, 0.717) is 37.2 Å². The van der Waals surface area contributed by atoms with Crippen LogP contribution in [0.25, 0.3) is 0 Å². The maximum atomic E-state index is 14.3. The van der Waals surface area contributed by atoms with Crippen molar-refractivity contribution in [1.82, 2.24) is 15.1 Å². The van der Waals surface area contributed by atoms with E-state index in [1.54, 1.807) is 42.2 Å². The molecule has 3 saturated heterocycles. The molecule has 11 heteroatoms. The van der Waals surface area contributed by atoms with Gasteiger partial charge >= 0.3 is 6.03 Å². The number of carbonyl (C=O) groups is 4. The third kappa shape index (κ3) is 5.45. The van der Waals surface area contributed by atoms with Crippen LogP contribution >= 0.6 is 0 Å². The molecule has 0 saturated carbocycles. The number of ether oxygens (including phenoxy) is 2. The lowest BCUT2D eigenvalue weighted by molar-refractivity contribution is -0.139. The van der Waals surface area contributed by atoms with Gasteiger partial charge in [0.15, 0.2) is 0 Å². The number of likely N-dealkylation sites (N-methyl/N-ethyl adjacent to an activating group) is 1. The standard InChI is InChI=1S/C31H37FN4O6/c1-19(2)26(33-27(37)24-15-20(3)5-10-25(24)32)28(38)35-13-11-31(12-14-35)29(39)34(4)30(40)36(31)22-6-8-23(9-7-22)42-18-21-16-41-17-21/h5-10,15,19,21,26H,11-14,16-18H2,1-4H3,(H,33,37)/t26-/m1/s1. The topological polar surface area (TPSA) is 108 Å². The van der Waals surface area contributed by atoms with Crippen molar-refractivity contribution < 1.29 is 33.0 Å². The van der Waals surface area contributed by atoms with Crippen LogP contribution in [0, 0.1) is 24.6 Å². The van der Waals surface area contributed by atoms with E-state index in [-0.39, 0.29) is 49.2 Å². The summed E-state index contributed by atoms with van der Waals surface area (Å²) in [5.41, 5.74) is 0.0549. The van der Waals surface area contributed by atoms with Crippen molar-refractivity contribution in [3.63, 3.8) is 0 Å². The van der Waals surface area contributed by atoms with Gasteiger partial charge in [-0.05, 0) is 62.1 Å². The summed E-state index contributed by atoms with van der Waals surface area (Å²) in [6.45, 7) is 7.73. The van der Waals surface area contributed by atoms with Crippen molar-refractivity contribution in [1.29, 1.82) is 0 Å². The number of halogens is 1. The highest BCUT2D eigenvalue weighted by atomic mass is 19.1. The lowest BCUT2D eigenvalue weighted by Crippen LogP contribution is -2.60. The summed E-state index contributed by atoms with van der Waals surface area (Å²) in [6, 6.07) is 10.1. The van der Waals surface area contributed by atoms with Crippen molar-refractivity contribution in [2.24, 2.45) is 11.8 Å². The first-order valence-corrected chi connectivity index (χ1v) is 14.3. The molecule has 5 rings (SSSR count). The molecule has 10 nitrogen and oxygen atoms in total. The fourth-order valence-corrected chi connectivity index (χ4v) is 5.75. The molecule has 5 amide bonds. The Morgan fingerprint density at radius 2 is 1.76 bits per heavy atom. The Labute approximate surface area is 244 Å². The fourth-order valence-electron chi connectivity index (χ4n) is 5.75. The van der Waals surface area contributed by atoms with E-state index in [9.17, 15) is 23.6 Å². The molecule has 0 unspecified atom stereocenters. The third-order valence-electron chi connectivity index (χ3n) is 8.38. The minimum Gasteiger partial charge on any atom is -0.493 e. The number of aryl methyl sites for hydroxylation is 1. The molecule has 1 spiro atoms. The molecular weight excluding hydrogens is 543 g/mol. The quantitative estimate of drug-likeness (QED) is 0.480. The van der Waals surface area contributed by atoms with Crippen LogP contribution in [-0.4, -0.2) is 85.1 Å². The molecule has 3 fully saturated rings. The number of nitrogens with zero attached hydrogens (tertiary/aromatic N) is 3. The highest BCUT2D eigenvalue weighted by Gasteiger charge is 2.58. The van der Waals surface area contributed by atoms with E-state index < -0.39 is 29.3 Å². The Hall–Kier alpha value is -3.99. The molecule has 224 valence electrons. The number of amides is 5. The van der Waals surface area contributed by atoms with Gasteiger partial charge in [-0.15, -0.1) is 0 Å². The van der Waals surface area contributed by atoms with Gasteiger partial charge < -0.3 is 19.7 Å². The van der Waals surface area contributed by atoms with E-state index in [1.165, 1.54) is 24.1 Å². The van der Waals surface area contributed by atoms with E-state index in [1.807, 2.05) is 13.8 Å². The highest BCUT2D eigenvalue weighted by molar-refractivity contribution is 6.16. The maximum Gasteiger partial charge on any atom is 0.331 e. The van der Waals surface area contributed by atoms with Gasteiger partial charge in [-0.3, -0.25) is 24.2 Å². The Kier molecular flexibility index (Phi) is 8.23. The molecule has 0 bridgehead atoms. The van der Waals surface area contributed by atoms with Gasteiger partial charge in [-0.1, -0.05) is 25.5 Å². The summed E-state index contributed by atoms with van der Waals surface area (Å²) in [7, 11) is 1.47. The van der Waals surface area contributed by atoms with Crippen molar-refractivity contribution in [3.05, 3.63) is 59.4 Å². The van der Waals surface area contributed by atoms with Crippen LogP contribution in [0.15, 0.2) is 42.5 Å². The SMILES string of the molecule is Cc1ccc(F)c(C(=O)N[C@@H](C(=O)N2CCC3(CC2)C(=O)N(C)C(=O)N3c2ccc(OCC3COC3)cc2)C(C)C)c1. The fraction of sp³-hybridized carbons (Fsp3) is 0.484. The van der Waals surface area contributed by atoms with Gasteiger partial charge in [0.1, 0.15) is 23.1 Å². The zero-order valence-corrected chi connectivity index (χ0v) is 24.4. The van der Waals surface area contributed by atoms with Crippen LogP contribution in [0.5, 0.6) is 5.75 Å². The van der Waals surface area contributed by atoms with E-state index in [4.69, 9.17) is 9.47 Å². The lowest BCUT2D eigenvalue weighted by atomic mass is 9.85. The first-order valence-electron chi connectivity index (χ1n) is 14.3. The minimum atomic E-state index is -1.13. The number of hydrogen-bond donors (Lipinski definition) is 1. The Morgan fingerprint density at radius 3 is 2.36 bits per heavy atom. The second kappa shape index (κ2) is 11.7. The monoisotopic (exact) mass is 580 g/mol. The Bertz CT molecular complexity index is 1370. The number of anilines is 1. The molecule has 3 aliphatic heterocycles. The van der Waals surface area contributed by atoms with Gasteiger partial charge in [0.25, 0.3) is 11.8 Å². The molecule has 2 aromatic carbocycles. The molecular formula is C31H37FN4O6. The number of nitrogens with one attached hydrogen (secondary N) is 1. The molecule has 0 radical (unpaired) electrons. The van der Waals surface area contributed by atoms with Crippen LogP contribution in [0.1, 0.15) is 42.6 Å². The molecule has 2 aromatic rings. The Balaban J connectivity index is 1.29. The molecule has 3 heterocycles. The number of piperidine rings is 1. The summed E-state index contributed by atoms with van der Waals surface area (Å²) in [4.78, 5) is 57.6. The largest absolute Gasteiger partial charge is 0.493 e. The predicted octanol–water partition coefficient (Wildman–Crippen LogP) is 3.37. The van der Waals surface area contributed by atoms with Crippen molar-refractivity contribution in [2.75, 3.05) is 44.9 Å². The second-order valence-electron chi connectivity index (χ2n) is 11.7. The van der Waals surface area contributed by atoms with Gasteiger partial charge in [0, 0.05) is 31.7 Å². The van der Waals surface area contributed by atoms with Crippen LogP contribution in [0.2, 0.25) is 0 Å². The van der Waals surface area contributed by atoms with Gasteiger partial charge in [-0.2, -0.15) is 0 Å². The van der Waals surface area contributed by atoms with Crippen LogP contribution in [0.4, 0.5) is 14.9 Å². The van der Waals surface area contributed by atoms with Gasteiger partial charge in [-0.25, -0.2) is 9.18 Å². The summed E-state index contributed by atoms with van der Waals surface area (Å²) < 4.78 is 25.4. The zero-order valence-electron chi connectivity index (χ0n) is 24.4. The van der Waals surface area contributed by atoms with Crippen LogP contribution < -0.4 is 15.0 Å². The number of urea groups is 1. The molecule has 3 aliphatic rings. The van der Waals surface area contributed by atoms with Crippen LogP contribution in [0.3, 0.4) is 0 Å². The average Bonchev–Trinajstić information content (AvgIpc) is 3.12. The van der Waals surface area contributed by atoms with E-state index in [0.717, 1.165) is 10.5 Å². The van der Waals surface area contributed by atoms with Crippen molar-refractivity contribution >= 4 is 29.4 Å². The molecule has 1 N–H and O–H groups in total. The number of rotatable bonds is 8. The normalized spacial score (nSPS) is 19.3. The number of imide groups is 1. The third-order valence-corrected chi connectivity index (χ3v) is 8.38. The average molecular weight is 581 g/mol. The molecule has 0 aromatic heterocycles. The summed E-state index contributed by atoms with van der Waals surface area (Å²) in [5.74, 6) is -1.16. The first-order chi connectivity index (χ1) is 20.0. The second-order valence-corrected chi connectivity index (χ2v) is 11.7. The zero-order chi connectivity index (χ0) is 30.2. The smallest absolute Gasteiger partial charge is 0.331 e. The Morgan fingerprint density at radius 1 is 1.10 bits per heavy atom.